The van der Waals surface area contributed by atoms with Crippen LogP contribution in [-0.4, -0.2) is 27.2 Å². The molecule has 0 bridgehead atoms. The first-order chi connectivity index (χ1) is 9.69. The summed E-state index contributed by atoms with van der Waals surface area (Å²) in [6.45, 7) is 3.93. The van der Waals surface area contributed by atoms with Crippen LogP contribution in [0.5, 0.6) is 5.75 Å². The molecule has 0 saturated heterocycles. The fourth-order valence-electron chi connectivity index (χ4n) is 2.02. The quantitative estimate of drug-likeness (QED) is 0.868. The van der Waals surface area contributed by atoms with E-state index in [0.717, 1.165) is 30.2 Å². The highest BCUT2D eigenvalue weighted by atomic mass is 16.5. The van der Waals surface area contributed by atoms with Crippen LogP contribution in [0.1, 0.15) is 5.56 Å². The van der Waals surface area contributed by atoms with E-state index in [9.17, 15) is 0 Å². The number of anilines is 2. The summed E-state index contributed by atoms with van der Waals surface area (Å²) in [4.78, 5) is 2.21. The van der Waals surface area contributed by atoms with Gasteiger partial charge in [0.05, 0.1) is 7.11 Å². The van der Waals surface area contributed by atoms with E-state index >= 15 is 0 Å². The third-order valence-corrected chi connectivity index (χ3v) is 3.32. The number of likely N-dealkylation sites (N-methyl/N-ethyl adjacent to an activating group) is 1. The Morgan fingerprint density at radius 2 is 1.85 bits per heavy atom. The van der Waals surface area contributed by atoms with Gasteiger partial charge >= 0.3 is 0 Å². The van der Waals surface area contributed by atoms with Gasteiger partial charge in [-0.25, -0.2) is 0 Å². The Morgan fingerprint density at radius 3 is 2.55 bits per heavy atom. The van der Waals surface area contributed by atoms with Gasteiger partial charge in [0.15, 0.2) is 0 Å². The Bertz CT molecular complexity index is 537. The van der Waals surface area contributed by atoms with Crippen LogP contribution in [0.15, 0.2) is 48.5 Å². The third kappa shape index (κ3) is 3.92. The van der Waals surface area contributed by atoms with Crippen LogP contribution in [0.2, 0.25) is 0 Å². The lowest BCUT2D eigenvalue weighted by atomic mass is 10.2. The maximum atomic E-state index is 5.25. The number of aryl methyl sites for hydroxylation is 1. The Kier molecular flexibility index (Phi) is 4.88. The van der Waals surface area contributed by atoms with E-state index in [1.807, 2.05) is 18.2 Å². The average Bonchev–Trinajstić information content (AvgIpc) is 2.49. The summed E-state index contributed by atoms with van der Waals surface area (Å²) in [6.07, 6.45) is 0. The van der Waals surface area contributed by atoms with E-state index in [4.69, 9.17) is 4.74 Å². The molecule has 0 aliphatic rings. The number of rotatable bonds is 6. The molecule has 2 aromatic carbocycles. The molecule has 0 radical (unpaired) electrons. The van der Waals surface area contributed by atoms with Gasteiger partial charge in [0, 0.05) is 37.6 Å². The minimum atomic E-state index is 0.890. The fraction of sp³-hybridized carbons (Fsp3) is 0.294. The molecule has 0 fully saturated rings. The van der Waals surface area contributed by atoms with E-state index < -0.39 is 0 Å². The first-order valence-electron chi connectivity index (χ1n) is 6.85. The Morgan fingerprint density at radius 1 is 1.10 bits per heavy atom. The predicted molar refractivity (Wildman–Crippen MR) is 85.9 cm³/mol. The number of benzene rings is 2. The molecule has 2 aromatic rings. The molecular formula is C17H22N2O. The molecule has 0 saturated carbocycles. The zero-order chi connectivity index (χ0) is 14.4. The second-order valence-electron chi connectivity index (χ2n) is 4.92. The van der Waals surface area contributed by atoms with E-state index in [2.05, 4.69) is 54.5 Å². The molecular weight excluding hydrogens is 248 g/mol. The SMILES string of the molecule is COc1cccc(N(C)CCNc2ccc(C)cc2)c1. The normalized spacial score (nSPS) is 10.2. The topological polar surface area (TPSA) is 24.5 Å². The maximum Gasteiger partial charge on any atom is 0.120 e. The van der Waals surface area contributed by atoms with Crippen molar-refractivity contribution in [2.45, 2.75) is 6.92 Å². The zero-order valence-electron chi connectivity index (χ0n) is 12.4. The second-order valence-corrected chi connectivity index (χ2v) is 4.92. The number of nitrogens with zero attached hydrogens (tertiary/aromatic N) is 1. The number of nitrogens with one attached hydrogen (secondary N) is 1. The van der Waals surface area contributed by atoms with Crippen LogP contribution in [0.4, 0.5) is 11.4 Å². The lowest BCUT2D eigenvalue weighted by Crippen LogP contribution is -2.24. The molecule has 0 heterocycles. The lowest BCUT2D eigenvalue weighted by molar-refractivity contribution is 0.415. The molecule has 1 N–H and O–H groups in total. The average molecular weight is 270 g/mol. The van der Waals surface area contributed by atoms with Gasteiger partial charge in [-0.05, 0) is 31.2 Å². The van der Waals surface area contributed by atoms with Crippen molar-refractivity contribution in [2.75, 3.05) is 37.5 Å². The van der Waals surface area contributed by atoms with Crippen LogP contribution >= 0.6 is 0 Å². The Balaban J connectivity index is 1.85. The molecule has 3 nitrogen and oxygen atoms in total. The molecule has 0 atom stereocenters. The Hall–Kier alpha value is -2.16. The van der Waals surface area contributed by atoms with Crippen molar-refractivity contribution < 1.29 is 4.74 Å². The highest BCUT2D eigenvalue weighted by Crippen LogP contribution is 2.19. The lowest BCUT2D eigenvalue weighted by Gasteiger charge is -2.20. The van der Waals surface area contributed by atoms with E-state index in [0.29, 0.717) is 0 Å². The van der Waals surface area contributed by atoms with Gasteiger partial charge in [0.2, 0.25) is 0 Å². The predicted octanol–water partition coefficient (Wildman–Crippen LogP) is 3.55. The standard InChI is InChI=1S/C17H22N2O/c1-14-7-9-15(10-8-14)18-11-12-19(2)16-5-4-6-17(13-16)20-3/h4-10,13,18H,11-12H2,1-3H3. The third-order valence-electron chi connectivity index (χ3n) is 3.32. The van der Waals surface area contributed by atoms with Crippen LogP contribution < -0.4 is 15.0 Å². The van der Waals surface area contributed by atoms with Crippen molar-refractivity contribution in [1.82, 2.24) is 0 Å². The van der Waals surface area contributed by atoms with Crippen molar-refractivity contribution in [1.29, 1.82) is 0 Å². The smallest absolute Gasteiger partial charge is 0.120 e. The molecule has 3 heteroatoms. The molecule has 0 aliphatic carbocycles. The van der Waals surface area contributed by atoms with E-state index in [1.165, 1.54) is 5.56 Å². The molecule has 20 heavy (non-hydrogen) atoms. The maximum absolute atomic E-state index is 5.25. The highest BCUT2D eigenvalue weighted by Gasteiger charge is 2.02. The number of hydrogen-bond donors (Lipinski definition) is 1. The van der Waals surface area contributed by atoms with E-state index in [1.54, 1.807) is 7.11 Å². The van der Waals surface area contributed by atoms with E-state index in [-0.39, 0.29) is 0 Å². The van der Waals surface area contributed by atoms with Gasteiger partial charge in [-0.2, -0.15) is 0 Å². The molecule has 0 amide bonds. The largest absolute Gasteiger partial charge is 0.497 e. The van der Waals surface area contributed by atoms with Gasteiger partial charge in [-0.3, -0.25) is 0 Å². The minimum absolute atomic E-state index is 0.890. The summed E-state index contributed by atoms with van der Waals surface area (Å²) in [5.41, 5.74) is 3.61. The van der Waals surface area contributed by atoms with Gasteiger partial charge in [0.25, 0.3) is 0 Å². The van der Waals surface area contributed by atoms with Crippen molar-refractivity contribution in [2.24, 2.45) is 0 Å². The van der Waals surface area contributed by atoms with Gasteiger partial charge in [-0.1, -0.05) is 23.8 Å². The van der Waals surface area contributed by atoms with Crippen LogP contribution in [0.3, 0.4) is 0 Å². The Labute approximate surface area is 121 Å². The van der Waals surface area contributed by atoms with Gasteiger partial charge < -0.3 is 15.0 Å². The van der Waals surface area contributed by atoms with Crippen molar-refractivity contribution >= 4 is 11.4 Å². The zero-order valence-corrected chi connectivity index (χ0v) is 12.4. The first kappa shape index (κ1) is 14.3. The first-order valence-corrected chi connectivity index (χ1v) is 6.85. The summed E-state index contributed by atoms with van der Waals surface area (Å²) in [5.74, 6) is 0.890. The van der Waals surface area contributed by atoms with Crippen molar-refractivity contribution in [3.05, 3.63) is 54.1 Å². The summed E-state index contributed by atoms with van der Waals surface area (Å²) in [5, 5.41) is 3.43. The number of ether oxygens (including phenoxy) is 1. The second kappa shape index (κ2) is 6.85. The van der Waals surface area contributed by atoms with Crippen LogP contribution in [0, 0.1) is 6.92 Å². The molecule has 2 rings (SSSR count). The fourth-order valence-corrected chi connectivity index (χ4v) is 2.02. The molecule has 0 spiro atoms. The van der Waals surface area contributed by atoms with Crippen LogP contribution in [-0.2, 0) is 0 Å². The van der Waals surface area contributed by atoms with Crippen molar-refractivity contribution in [3.8, 4) is 5.75 Å². The summed E-state index contributed by atoms with van der Waals surface area (Å²) in [7, 11) is 3.78. The molecule has 0 aliphatic heterocycles. The number of hydrogen-bond acceptors (Lipinski definition) is 3. The highest BCUT2D eigenvalue weighted by molar-refractivity contribution is 5.50. The summed E-state index contributed by atoms with van der Waals surface area (Å²) >= 11 is 0. The summed E-state index contributed by atoms with van der Waals surface area (Å²) in [6, 6.07) is 16.6. The molecule has 106 valence electrons. The molecule has 0 aromatic heterocycles. The van der Waals surface area contributed by atoms with Gasteiger partial charge in [0.1, 0.15) is 5.75 Å². The number of methoxy groups -OCH3 is 1. The monoisotopic (exact) mass is 270 g/mol. The minimum Gasteiger partial charge on any atom is -0.497 e. The van der Waals surface area contributed by atoms with Crippen molar-refractivity contribution in [3.63, 3.8) is 0 Å². The molecule has 0 unspecified atom stereocenters. The summed E-state index contributed by atoms with van der Waals surface area (Å²) < 4.78 is 5.25. The van der Waals surface area contributed by atoms with Crippen LogP contribution in [0.25, 0.3) is 0 Å². The van der Waals surface area contributed by atoms with Gasteiger partial charge in [-0.15, -0.1) is 0 Å².